The van der Waals surface area contributed by atoms with Crippen LogP contribution in [-0.2, 0) is 13.1 Å². The van der Waals surface area contributed by atoms with Gasteiger partial charge < -0.3 is 20.0 Å². The van der Waals surface area contributed by atoms with Crippen LogP contribution in [0.1, 0.15) is 47.2 Å². The van der Waals surface area contributed by atoms with E-state index in [2.05, 4.69) is 156 Å². The molecule has 4 aromatic rings. The van der Waals surface area contributed by atoms with Crippen molar-refractivity contribution in [2.45, 2.75) is 40.8 Å². The molecule has 0 aliphatic carbocycles. The van der Waals surface area contributed by atoms with E-state index in [1.807, 2.05) is 21.6 Å². The highest BCUT2D eigenvalue weighted by Gasteiger charge is 2.08. The Kier molecular flexibility index (Phi) is 15.6. The van der Waals surface area contributed by atoms with Crippen molar-refractivity contribution in [3.05, 3.63) is 119 Å². The molecule has 0 radical (unpaired) electrons. The predicted octanol–water partition coefficient (Wildman–Crippen LogP) is 6.94. The summed E-state index contributed by atoms with van der Waals surface area (Å²) in [7, 11) is 3.86. The normalized spacial score (nSPS) is 11.5. The molecular weight excluding hydrogens is 633 g/mol. The van der Waals surface area contributed by atoms with Crippen LogP contribution < -0.4 is 18.9 Å². The molecule has 0 bridgehead atoms. The maximum absolute atomic E-state index is 9.32. The molecule has 0 aliphatic heterocycles. The third kappa shape index (κ3) is 11.5. The summed E-state index contributed by atoms with van der Waals surface area (Å²) in [5, 5.41) is 18.6. The van der Waals surface area contributed by atoms with E-state index >= 15 is 0 Å². The van der Waals surface area contributed by atoms with Crippen LogP contribution in [-0.4, -0.2) is 61.1 Å². The van der Waals surface area contributed by atoms with Gasteiger partial charge in [-0.15, -0.1) is 0 Å². The fraction of sp³-hybridized carbons (Fsp3) is 0.350. The van der Waals surface area contributed by atoms with Gasteiger partial charge >= 0.3 is 0 Å². The summed E-state index contributed by atoms with van der Waals surface area (Å²) in [6.07, 6.45) is 17.4. The average Bonchev–Trinajstić information content (AvgIpc) is 3.11. The molecule has 8 heteroatoms. The minimum atomic E-state index is 0.165. The molecule has 254 valence electrons. The van der Waals surface area contributed by atoms with Crippen LogP contribution in [0.25, 0.3) is 24.3 Å². The summed E-state index contributed by atoms with van der Waals surface area (Å²) >= 11 is 0. The third-order valence-electron chi connectivity index (χ3n) is 8.43. The Hall–Kier alpha value is -3.56. The molecule has 2 N–H and O–H groups in total. The standard InChI is InChI=1S/C40H52N4O2S2/c1-5-43(23-27-45)39-13-11-37(33(3)31-39)9-7-35-15-19-41(20-16-35)25-29-47-48-30-26-42-21-17-36(18-22-42)8-10-38-12-14-40(32-34(38)4)44(6-2)24-28-46/h7-22,31-32,45-46H,5-6,23-30H2,1-4H3/q+2. The number of aromatic nitrogens is 2. The zero-order valence-corrected chi connectivity index (χ0v) is 30.6. The number of aliphatic hydroxyl groups excluding tert-OH is 2. The van der Waals surface area contributed by atoms with Gasteiger partial charge in [-0.1, -0.05) is 58.0 Å². The first-order valence-electron chi connectivity index (χ1n) is 17.0. The van der Waals surface area contributed by atoms with E-state index in [1.54, 1.807) is 0 Å². The number of nitrogens with zero attached hydrogens (tertiary/aromatic N) is 4. The number of aliphatic hydroxyl groups is 2. The molecule has 2 aromatic heterocycles. The molecule has 0 atom stereocenters. The van der Waals surface area contributed by atoms with E-state index in [0.29, 0.717) is 13.1 Å². The summed E-state index contributed by atoms with van der Waals surface area (Å²) in [6, 6.07) is 21.7. The number of aryl methyl sites for hydroxylation is 4. The van der Waals surface area contributed by atoms with Gasteiger partial charge in [-0.3, -0.25) is 0 Å². The highest BCUT2D eigenvalue weighted by Crippen LogP contribution is 2.23. The second kappa shape index (κ2) is 20.1. The molecule has 48 heavy (non-hydrogen) atoms. The van der Waals surface area contributed by atoms with E-state index < -0.39 is 0 Å². The van der Waals surface area contributed by atoms with Crippen LogP contribution in [0, 0.1) is 13.8 Å². The van der Waals surface area contributed by atoms with E-state index in [-0.39, 0.29) is 13.2 Å². The number of hydrogen-bond donors (Lipinski definition) is 2. The summed E-state index contributed by atoms with van der Waals surface area (Å²) in [4.78, 5) is 4.38. The number of rotatable bonds is 19. The van der Waals surface area contributed by atoms with Gasteiger partial charge in [0.05, 0.1) is 24.7 Å². The minimum Gasteiger partial charge on any atom is -0.395 e. The zero-order chi connectivity index (χ0) is 34.1. The van der Waals surface area contributed by atoms with Gasteiger partial charge in [0.25, 0.3) is 0 Å². The van der Waals surface area contributed by atoms with Crippen LogP contribution in [0.3, 0.4) is 0 Å². The maximum Gasteiger partial charge on any atom is 0.169 e. The topological polar surface area (TPSA) is 54.7 Å². The van der Waals surface area contributed by atoms with Crippen LogP contribution >= 0.6 is 21.6 Å². The lowest BCUT2D eigenvalue weighted by molar-refractivity contribution is -0.692. The van der Waals surface area contributed by atoms with Gasteiger partial charge in [-0.25, -0.2) is 9.13 Å². The molecule has 0 amide bonds. The smallest absolute Gasteiger partial charge is 0.169 e. The first-order chi connectivity index (χ1) is 23.4. The van der Waals surface area contributed by atoms with Gasteiger partial charge in [0, 0.05) is 61.8 Å². The Morgan fingerprint density at radius 1 is 0.583 bits per heavy atom. The van der Waals surface area contributed by atoms with Crippen LogP contribution in [0.2, 0.25) is 0 Å². The molecule has 4 rings (SSSR count). The Morgan fingerprint density at radius 3 is 1.31 bits per heavy atom. The molecule has 6 nitrogen and oxygen atoms in total. The molecular formula is C40H52N4O2S2+2. The Morgan fingerprint density at radius 2 is 0.979 bits per heavy atom. The number of hydrogen-bond acceptors (Lipinski definition) is 6. The predicted molar refractivity (Wildman–Crippen MR) is 208 cm³/mol. The summed E-state index contributed by atoms with van der Waals surface area (Å²) in [6.45, 7) is 13.9. The first-order valence-corrected chi connectivity index (χ1v) is 19.4. The van der Waals surface area contributed by atoms with Crippen LogP contribution in [0.5, 0.6) is 0 Å². The van der Waals surface area contributed by atoms with Crippen molar-refractivity contribution < 1.29 is 19.3 Å². The molecule has 0 fully saturated rings. The summed E-state index contributed by atoms with van der Waals surface area (Å²) in [5.41, 5.74) is 9.57. The van der Waals surface area contributed by atoms with Crippen molar-refractivity contribution in [3.8, 4) is 0 Å². The van der Waals surface area contributed by atoms with Crippen LogP contribution in [0.4, 0.5) is 11.4 Å². The Bertz CT molecular complexity index is 1490. The molecule has 0 saturated heterocycles. The molecule has 0 spiro atoms. The first kappa shape index (κ1) is 37.3. The largest absolute Gasteiger partial charge is 0.395 e. The summed E-state index contributed by atoms with van der Waals surface area (Å²) < 4.78 is 4.50. The van der Waals surface area contributed by atoms with Crippen molar-refractivity contribution >= 4 is 57.3 Å². The average molecular weight is 685 g/mol. The van der Waals surface area contributed by atoms with Crippen molar-refractivity contribution in [1.82, 2.24) is 0 Å². The van der Waals surface area contributed by atoms with Gasteiger partial charge in [0.1, 0.15) is 0 Å². The van der Waals surface area contributed by atoms with Gasteiger partial charge in [0.2, 0.25) is 0 Å². The van der Waals surface area contributed by atoms with E-state index in [1.165, 1.54) is 33.4 Å². The highest BCUT2D eigenvalue weighted by atomic mass is 33.1. The molecule has 0 aliphatic rings. The van der Waals surface area contributed by atoms with Gasteiger partial charge in [-0.2, -0.15) is 0 Å². The van der Waals surface area contributed by atoms with Crippen molar-refractivity contribution in [2.75, 3.05) is 60.7 Å². The second-order valence-corrected chi connectivity index (χ2v) is 14.4. The minimum absolute atomic E-state index is 0.165. The molecule has 0 unspecified atom stereocenters. The number of likely N-dealkylation sites (N-methyl/N-ethyl adjacent to an activating group) is 2. The Labute approximate surface area is 295 Å². The second-order valence-electron chi connectivity index (χ2n) is 11.7. The molecule has 2 aromatic carbocycles. The van der Waals surface area contributed by atoms with Gasteiger partial charge in [0.15, 0.2) is 37.9 Å². The lowest BCUT2D eigenvalue weighted by atomic mass is 10.1. The van der Waals surface area contributed by atoms with Crippen molar-refractivity contribution in [1.29, 1.82) is 0 Å². The lowest BCUT2D eigenvalue weighted by Crippen LogP contribution is -2.34. The number of benzene rings is 2. The van der Waals surface area contributed by atoms with Crippen molar-refractivity contribution in [3.63, 3.8) is 0 Å². The summed E-state index contributed by atoms with van der Waals surface area (Å²) in [5.74, 6) is 2.13. The van der Waals surface area contributed by atoms with E-state index in [4.69, 9.17) is 0 Å². The van der Waals surface area contributed by atoms with Crippen molar-refractivity contribution in [2.24, 2.45) is 0 Å². The number of pyridine rings is 2. The van der Waals surface area contributed by atoms with E-state index in [9.17, 15) is 10.2 Å². The quantitative estimate of drug-likeness (QED) is 0.0635. The fourth-order valence-electron chi connectivity index (χ4n) is 5.50. The lowest BCUT2D eigenvalue weighted by Gasteiger charge is -2.22. The van der Waals surface area contributed by atoms with Crippen LogP contribution in [0.15, 0.2) is 85.5 Å². The zero-order valence-electron chi connectivity index (χ0n) is 29.0. The maximum atomic E-state index is 9.32. The fourth-order valence-corrected chi connectivity index (χ4v) is 7.46. The Balaban J connectivity index is 1.15. The third-order valence-corrected chi connectivity index (χ3v) is 10.8. The number of anilines is 2. The van der Waals surface area contributed by atoms with E-state index in [0.717, 1.165) is 49.1 Å². The van der Waals surface area contributed by atoms with Gasteiger partial charge in [-0.05, 0) is 85.3 Å². The monoisotopic (exact) mass is 684 g/mol. The highest BCUT2D eigenvalue weighted by molar-refractivity contribution is 8.76. The molecule has 2 heterocycles. The molecule has 0 saturated carbocycles. The SMILES string of the molecule is CCN(CCO)c1ccc(/C=C/c2cc[n+](CCSSCC[n+]3ccc(/C=C/c4ccc(N(CC)CCO)cc4C)cc3)cc2)c(C)c1.